The second-order valence-corrected chi connectivity index (χ2v) is 16.4. The molecule has 2 aromatic carbocycles. The number of H-pyrrole nitrogens is 3. The molecule has 0 bridgehead atoms. The number of methoxy groups -OCH3 is 2. The third kappa shape index (κ3) is 7.26. The molecular weight excluding hydrogens is 739 g/mol. The van der Waals surface area contributed by atoms with Crippen molar-refractivity contribution in [2.45, 2.75) is 90.4 Å². The summed E-state index contributed by atoms with van der Waals surface area (Å²) in [5, 5.41) is 16.8. The molecule has 5 atom stereocenters. The van der Waals surface area contributed by atoms with Gasteiger partial charge in [-0.3, -0.25) is 14.9 Å². The Morgan fingerprint density at radius 3 is 1.98 bits per heavy atom. The summed E-state index contributed by atoms with van der Waals surface area (Å²) in [6.07, 6.45) is 5.91. The van der Waals surface area contributed by atoms with Crippen LogP contribution < -0.4 is 10.6 Å². The Kier molecular flexibility index (Phi) is 10.9. The van der Waals surface area contributed by atoms with Crippen LogP contribution in [0.3, 0.4) is 0 Å². The Bertz CT molecular complexity index is 2330. The number of carbonyl (C=O) groups is 3. The van der Waals surface area contributed by atoms with E-state index in [1.807, 2.05) is 49.9 Å². The quantitative estimate of drug-likeness (QED) is 0.0836. The van der Waals surface area contributed by atoms with Crippen LogP contribution in [0, 0.1) is 11.8 Å². The maximum absolute atomic E-state index is 13.7. The van der Waals surface area contributed by atoms with Gasteiger partial charge in [-0.1, -0.05) is 45.9 Å². The molecule has 1 aliphatic carbocycles. The summed E-state index contributed by atoms with van der Waals surface area (Å²) in [5.41, 5.74) is 9.62. The smallest absolute Gasteiger partial charge is 0.407 e. The van der Waals surface area contributed by atoms with Crippen molar-refractivity contribution in [3.05, 3.63) is 71.6 Å². The van der Waals surface area contributed by atoms with E-state index in [0.717, 1.165) is 82.9 Å². The molecular formula is C43H53N9O6. The first-order chi connectivity index (χ1) is 27.9. The Labute approximate surface area is 337 Å². The van der Waals surface area contributed by atoms with Gasteiger partial charge in [0.1, 0.15) is 17.7 Å². The van der Waals surface area contributed by atoms with Crippen LogP contribution in [0.1, 0.15) is 88.2 Å². The first-order valence-corrected chi connectivity index (χ1v) is 20.3. The van der Waals surface area contributed by atoms with Crippen molar-refractivity contribution in [2.75, 3.05) is 27.3 Å². The van der Waals surface area contributed by atoms with Gasteiger partial charge in [-0.25, -0.2) is 14.8 Å². The molecule has 0 spiro atoms. The van der Waals surface area contributed by atoms with Crippen molar-refractivity contribution >= 4 is 28.8 Å². The van der Waals surface area contributed by atoms with Crippen LogP contribution in [0.5, 0.6) is 0 Å². The average Bonchev–Trinajstić information content (AvgIpc) is 4.07. The number of nitrogens with one attached hydrogen (secondary N) is 5. The molecule has 3 amide bonds. The van der Waals surface area contributed by atoms with E-state index >= 15 is 0 Å². The lowest BCUT2D eigenvalue weighted by Gasteiger charge is -2.31. The van der Waals surface area contributed by atoms with E-state index in [-0.39, 0.29) is 35.7 Å². The van der Waals surface area contributed by atoms with Crippen LogP contribution in [0.15, 0.2) is 48.8 Å². The summed E-state index contributed by atoms with van der Waals surface area (Å²) in [6, 6.07) is 11.2. The van der Waals surface area contributed by atoms with E-state index in [2.05, 4.69) is 62.0 Å². The predicted octanol–water partition coefficient (Wildman–Crippen LogP) is 5.76. The molecule has 8 rings (SSSR count). The first kappa shape index (κ1) is 39.3. The van der Waals surface area contributed by atoms with Crippen LogP contribution in [-0.2, 0) is 25.5 Å². The highest BCUT2D eigenvalue weighted by Gasteiger charge is 2.39. The third-order valence-electron chi connectivity index (χ3n) is 12.0. The zero-order valence-corrected chi connectivity index (χ0v) is 33.9. The zero-order valence-electron chi connectivity index (χ0n) is 33.9. The number of hydrogen-bond donors (Lipinski definition) is 6. The number of imidazole rings is 2. The van der Waals surface area contributed by atoms with Gasteiger partial charge in [-0.05, 0) is 72.4 Å². The number of aliphatic hydroxyl groups excluding tert-OH is 1. The Morgan fingerprint density at radius 2 is 1.40 bits per heavy atom. The number of alkyl carbamates (subject to hydrolysis) is 1. The monoisotopic (exact) mass is 791 g/mol. The number of likely N-dealkylation sites (tertiary alicyclic amines) is 2. The SMILES string of the molecule is COC(=O)N[C@H](C(=O)N1CCC[C@H]1c1ncc(-c2ccc3c(c2)Cc2c-3[nH]c3ccc(-c4cnc([C@@H]5CCCN5C(=O)C(NC(O)OC)C(C)C)[nH]4)cc23)[nH]1)C(C)C. The second-order valence-electron chi connectivity index (χ2n) is 16.4. The number of carbonyl (C=O) groups excluding carboxylic acids is 3. The van der Waals surface area contributed by atoms with Gasteiger partial charge in [0.15, 0.2) is 0 Å². The molecule has 15 heteroatoms. The standard InChI is InChI=1S/C43H53N9O6/c1-22(2)35(49-42(55)57-5)40(53)51-15-7-9-33(51)38-44-20-31(47-38)24-11-13-27-26(17-24)19-29-28-18-25(12-14-30(28)46-37(27)29)32-21-45-39(48-32)34-10-8-16-52(34)41(54)36(23(3)4)50-43(56)58-6/h11-14,17-18,20-23,33-36,43,46,50,56H,7-10,15-16,19H2,1-6H3,(H,44,47)(H,45,48)(H,49,55)/t33-,34-,35-,36?,43?/m0/s1. The average molecular weight is 792 g/mol. The number of fused-ring (bicyclic) bond motifs is 5. The van der Waals surface area contributed by atoms with Gasteiger partial charge in [-0.2, -0.15) is 0 Å². The Balaban J connectivity index is 0.988. The van der Waals surface area contributed by atoms with Crippen LogP contribution in [0.2, 0.25) is 0 Å². The summed E-state index contributed by atoms with van der Waals surface area (Å²) in [6.45, 7) is 8.93. The molecule has 3 aliphatic rings. The molecule has 2 unspecified atom stereocenters. The summed E-state index contributed by atoms with van der Waals surface area (Å²) in [5.74, 6) is 1.11. The number of aromatic nitrogens is 5. The van der Waals surface area contributed by atoms with Gasteiger partial charge in [-0.15, -0.1) is 0 Å². The number of amides is 3. The third-order valence-corrected chi connectivity index (χ3v) is 12.0. The molecule has 0 saturated carbocycles. The van der Waals surface area contributed by atoms with Gasteiger partial charge in [0.25, 0.3) is 0 Å². The van der Waals surface area contributed by atoms with Crippen LogP contribution >= 0.6 is 0 Å². The maximum Gasteiger partial charge on any atom is 0.407 e. The summed E-state index contributed by atoms with van der Waals surface area (Å²) < 4.78 is 9.76. The molecule has 5 aromatic rings. The van der Waals surface area contributed by atoms with Crippen molar-refractivity contribution in [3.8, 4) is 33.8 Å². The van der Waals surface area contributed by atoms with E-state index in [1.165, 1.54) is 30.9 Å². The molecule has 0 radical (unpaired) electrons. The zero-order chi connectivity index (χ0) is 40.8. The summed E-state index contributed by atoms with van der Waals surface area (Å²) in [4.78, 5) is 63.3. The molecule has 5 heterocycles. The van der Waals surface area contributed by atoms with E-state index in [4.69, 9.17) is 19.4 Å². The minimum atomic E-state index is -1.23. The molecule has 3 aromatic heterocycles. The summed E-state index contributed by atoms with van der Waals surface area (Å²) in [7, 11) is 2.69. The molecule has 2 fully saturated rings. The van der Waals surface area contributed by atoms with Gasteiger partial charge in [0, 0.05) is 48.6 Å². The van der Waals surface area contributed by atoms with Crippen molar-refractivity contribution in [1.82, 2.24) is 45.4 Å². The number of hydrogen-bond acceptors (Lipinski definition) is 9. The van der Waals surface area contributed by atoms with Gasteiger partial charge < -0.3 is 44.6 Å². The van der Waals surface area contributed by atoms with E-state index in [9.17, 15) is 19.5 Å². The van der Waals surface area contributed by atoms with Crippen LogP contribution in [0.4, 0.5) is 4.79 Å². The number of aromatic amines is 3. The highest BCUT2D eigenvalue weighted by atomic mass is 16.6. The summed E-state index contributed by atoms with van der Waals surface area (Å²) >= 11 is 0. The fourth-order valence-corrected chi connectivity index (χ4v) is 8.93. The Hall–Kier alpha value is -5.51. The van der Waals surface area contributed by atoms with Gasteiger partial charge >= 0.3 is 6.09 Å². The van der Waals surface area contributed by atoms with Crippen molar-refractivity contribution < 1.29 is 29.0 Å². The van der Waals surface area contributed by atoms with Gasteiger partial charge in [0.05, 0.1) is 54.7 Å². The first-order valence-electron chi connectivity index (χ1n) is 20.3. The van der Waals surface area contributed by atoms with Crippen molar-refractivity contribution in [2.24, 2.45) is 11.8 Å². The minimum Gasteiger partial charge on any atom is -0.453 e. The fourth-order valence-electron chi connectivity index (χ4n) is 8.93. The topological polar surface area (TPSA) is 194 Å². The largest absolute Gasteiger partial charge is 0.453 e. The molecule has 306 valence electrons. The molecule has 6 N–H and O–H groups in total. The second kappa shape index (κ2) is 16.0. The predicted molar refractivity (Wildman–Crippen MR) is 218 cm³/mol. The number of nitrogens with zero attached hydrogens (tertiary/aromatic N) is 4. The van der Waals surface area contributed by atoms with E-state index in [0.29, 0.717) is 13.1 Å². The molecule has 2 aliphatic heterocycles. The number of ether oxygens (including phenoxy) is 2. The van der Waals surface area contributed by atoms with Crippen molar-refractivity contribution in [3.63, 3.8) is 0 Å². The Morgan fingerprint density at radius 1 is 0.810 bits per heavy atom. The number of aliphatic hydroxyl groups is 1. The number of benzene rings is 2. The van der Waals surface area contributed by atoms with E-state index in [1.54, 1.807) is 0 Å². The fraction of sp³-hybridized carbons (Fsp3) is 0.465. The van der Waals surface area contributed by atoms with Crippen LogP contribution in [-0.4, -0.2) is 104 Å². The number of rotatable bonds is 12. The lowest BCUT2D eigenvalue weighted by atomic mass is 10.0. The maximum atomic E-state index is 13.7. The normalized spacial score (nSPS) is 19.2. The molecule has 2 saturated heterocycles. The highest BCUT2D eigenvalue weighted by molar-refractivity contribution is 5.97. The minimum absolute atomic E-state index is 0.0499. The van der Waals surface area contributed by atoms with Crippen molar-refractivity contribution in [1.29, 1.82) is 0 Å². The van der Waals surface area contributed by atoms with E-state index < -0.39 is 24.6 Å². The lowest BCUT2D eigenvalue weighted by Crippen LogP contribution is -2.52. The molecule has 58 heavy (non-hydrogen) atoms. The highest BCUT2D eigenvalue weighted by Crippen LogP contribution is 2.43. The lowest BCUT2D eigenvalue weighted by molar-refractivity contribution is -0.145. The van der Waals surface area contributed by atoms with Crippen LogP contribution in [0.25, 0.3) is 44.7 Å². The van der Waals surface area contributed by atoms with Gasteiger partial charge in [0.2, 0.25) is 18.2 Å². The molecule has 15 nitrogen and oxygen atoms in total.